The lowest BCUT2D eigenvalue weighted by atomic mass is 10.1. The molecule has 0 aromatic heterocycles. The van der Waals surface area contributed by atoms with Gasteiger partial charge in [-0.15, -0.1) is 0 Å². The normalized spacial score (nSPS) is 18.1. The second kappa shape index (κ2) is 5.98. The number of rotatable bonds is 2. The molecule has 0 atom stereocenters. The maximum absolute atomic E-state index is 14.2. The monoisotopic (exact) mass is 323 g/mol. The van der Waals surface area contributed by atoms with Crippen molar-refractivity contribution in [3.05, 3.63) is 47.6 Å². The van der Waals surface area contributed by atoms with Gasteiger partial charge in [0.25, 0.3) is 0 Å². The SMILES string of the molecule is C=C1C(F)=C(CC)N=C2C(F)=CC(NC(=O)OC(C)(C)C)=CN12. The molecule has 0 spiro atoms. The Labute approximate surface area is 133 Å². The van der Waals surface area contributed by atoms with E-state index in [0.717, 1.165) is 11.0 Å². The molecule has 2 heterocycles. The molecule has 1 N–H and O–H groups in total. The summed E-state index contributed by atoms with van der Waals surface area (Å²) in [6, 6.07) is 0. The Balaban J connectivity index is 2.25. The van der Waals surface area contributed by atoms with Crippen LogP contribution in [0.5, 0.6) is 0 Å². The number of aliphatic imine (C=N–C) groups is 1. The summed E-state index contributed by atoms with van der Waals surface area (Å²) in [6.07, 6.45) is 2.03. The van der Waals surface area contributed by atoms with Crippen LogP contribution in [-0.4, -0.2) is 22.4 Å². The van der Waals surface area contributed by atoms with Crippen LogP contribution in [0.4, 0.5) is 13.6 Å². The number of nitrogens with zero attached hydrogens (tertiary/aromatic N) is 2. The Bertz CT molecular complexity index is 682. The summed E-state index contributed by atoms with van der Waals surface area (Å²) in [4.78, 5) is 16.9. The van der Waals surface area contributed by atoms with Crippen LogP contribution in [0.3, 0.4) is 0 Å². The van der Waals surface area contributed by atoms with Gasteiger partial charge in [-0.05, 0) is 27.2 Å². The van der Waals surface area contributed by atoms with Gasteiger partial charge in [-0.1, -0.05) is 13.5 Å². The van der Waals surface area contributed by atoms with Gasteiger partial charge in [0.05, 0.1) is 17.1 Å². The van der Waals surface area contributed by atoms with Crippen LogP contribution in [0, 0.1) is 0 Å². The number of halogens is 2. The number of hydrogen-bond donors (Lipinski definition) is 1. The molecule has 2 rings (SSSR count). The molecule has 0 unspecified atom stereocenters. The van der Waals surface area contributed by atoms with Gasteiger partial charge in [0.15, 0.2) is 17.5 Å². The van der Waals surface area contributed by atoms with Crippen molar-refractivity contribution in [2.45, 2.75) is 39.7 Å². The lowest BCUT2D eigenvalue weighted by Crippen LogP contribution is -2.36. The van der Waals surface area contributed by atoms with E-state index in [0.29, 0.717) is 6.42 Å². The first-order valence-electron chi connectivity index (χ1n) is 7.17. The quantitative estimate of drug-likeness (QED) is 0.834. The summed E-state index contributed by atoms with van der Waals surface area (Å²) in [6.45, 7) is 10.5. The molecule has 1 amide bonds. The molecule has 7 heteroatoms. The van der Waals surface area contributed by atoms with Crippen molar-refractivity contribution in [3.63, 3.8) is 0 Å². The predicted molar refractivity (Wildman–Crippen MR) is 83.5 cm³/mol. The second-order valence-corrected chi connectivity index (χ2v) is 6.07. The fraction of sp³-hybridized carbons (Fsp3) is 0.375. The predicted octanol–water partition coefficient (Wildman–Crippen LogP) is 4.04. The zero-order valence-corrected chi connectivity index (χ0v) is 13.5. The van der Waals surface area contributed by atoms with Crippen molar-refractivity contribution in [1.29, 1.82) is 0 Å². The van der Waals surface area contributed by atoms with Crippen LogP contribution in [0.15, 0.2) is 52.6 Å². The Hall–Kier alpha value is -2.44. The number of carbonyl (C=O) groups is 1. The first-order valence-corrected chi connectivity index (χ1v) is 7.17. The molecule has 0 aromatic carbocycles. The summed E-state index contributed by atoms with van der Waals surface area (Å²) in [5, 5.41) is 2.41. The number of alkyl carbamates (subject to hydrolysis) is 1. The van der Waals surface area contributed by atoms with E-state index < -0.39 is 23.3 Å². The second-order valence-electron chi connectivity index (χ2n) is 6.07. The number of hydrogen-bond acceptors (Lipinski definition) is 4. The molecule has 0 bridgehead atoms. The van der Waals surface area contributed by atoms with Crippen molar-refractivity contribution in [2.75, 3.05) is 0 Å². The van der Waals surface area contributed by atoms with E-state index in [1.54, 1.807) is 27.7 Å². The molecule has 0 radical (unpaired) electrons. The molecule has 23 heavy (non-hydrogen) atoms. The van der Waals surface area contributed by atoms with E-state index in [2.05, 4.69) is 16.9 Å². The molecule has 2 aliphatic rings. The van der Waals surface area contributed by atoms with Crippen molar-refractivity contribution < 1.29 is 18.3 Å². The highest BCUT2D eigenvalue weighted by Gasteiger charge is 2.30. The van der Waals surface area contributed by atoms with Gasteiger partial charge >= 0.3 is 6.09 Å². The summed E-state index contributed by atoms with van der Waals surface area (Å²) in [5.41, 5.74) is -0.460. The highest BCUT2D eigenvalue weighted by Crippen LogP contribution is 2.32. The fourth-order valence-corrected chi connectivity index (χ4v) is 2.04. The lowest BCUT2D eigenvalue weighted by Gasteiger charge is -2.30. The molecule has 124 valence electrons. The molecule has 0 saturated carbocycles. The molecule has 0 aromatic rings. The molecule has 0 fully saturated rings. The minimum Gasteiger partial charge on any atom is -0.444 e. The summed E-state index contributed by atoms with van der Waals surface area (Å²) >= 11 is 0. The van der Waals surface area contributed by atoms with Crippen molar-refractivity contribution in [1.82, 2.24) is 10.2 Å². The minimum atomic E-state index is -0.735. The average molecular weight is 323 g/mol. The standard InChI is InChI=1S/C16H19F2N3O2/c1-6-12-13(18)9(2)21-8-10(7-11(17)14(21)20-12)19-15(22)23-16(3,4)5/h7-8H,2,6H2,1,3-5H3,(H,19,22). The van der Waals surface area contributed by atoms with E-state index in [9.17, 15) is 13.6 Å². The molecule has 0 aliphatic carbocycles. The summed E-state index contributed by atoms with van der Waals surface area (Å²) in [7, 11) is 0. The highest BCUT2D eigenvalue weighted by atomic mass is 19.1. The Kier molecular flexibility index (Phi) is 4.40. The van der Waals surface area contributed by atoms with Gasteiger partial charge in [0.1, 0.15) is 5.60 Å². The Morgan fingerprint density at radius 2 is 2.09 bits per heavy atom. The van der Waals surface area contributed by atoms with E-state index in [1.807, 2.05) is 0 Å². The van der Waals surface area contributed by atoms with E-state index in [-0.39, 0.29) is 22.9 Å². The molecule has 2 aliphatic heterocycles. The van der Waals surface area contributed by atoms with Crippen LogP contribution in [0.1, 0.15) is 34.1 Å². The maximum Gasteiger partial charge on any atom is 0.412 e. The number of nitrogens with one attached hydrogen (secondary N) is 1. The van der Waals surface area contributed by atoms with Crippen LogP contribution in [0.25, 0.3) is 0 Å². The maximum atomic E-state index is 14.2. The van der Waals surface area contributed by atoms with Crippen molar-refractivity contribution in [3.8, 4) is 0 Å². The number of amides is 1. The zero-order valence-electron chi connectivity index (χ0n) is 13.5. The van der Waals surface area contributed by atoms with Gasteiger partial charge in [-0.3, -0.25) is 10.2 Å². The van der Waals surface area contributed by atoms with Crippen LogP contribution >= 0.6 is 0 Å². The number of carbonyl (C=O) groups excluding carboxylic acids is 1. The average Bonchev–Trinajstić information content (AvgIpc) is 2.41. The molecular formula is C16H19F2N3O2. The summed E-state index contributed by atoms with van der Waals surface area (Å²) < 4.78 is 33.4. The lowest BCUT2D eigenvalue weighted by molar-refractivity contribution is 0.0547. The molecular weight excluding hydrogens is 304 g/mol. The van der Waals surface area contributed by atoms with Crippen LogP contribution in [-0.2, 0) is 4.74 Å². The molecule has 0 saturated heterocycles. The topological polar surface area (TPSA) is 53.9 Å². The van der Waals surface area contributed by atoms with Gasteiger partial charge in [-0.25, -0.2) is 18.6 Å². The number of allylic oxidation sites excluding steroid dienone is 3. The summed E-state index contributed by atoms with van der Waals surface area (Å²) in [5.74, 6) is -1.35. The van der Waals surface area contributed by atoms with Crippen molar-refractivity contribution in [2.24, 2.45) is 4.99 Å². The smallest absolute Gasteiger partial charge is 0.412 e. The van der Waals surface area contributed by atoms with Crippen molar-refractivity contribution >= 4 is 11.9 Å². The van der Waals surface area contributed by atoms with E-state index in [4.69, 9.17) is 4.74 Å². The fourth-order valence-electron chi connectivity index (χ4n) is 2.04. The number of amidine groups is 1. The number of ether oxygens (including phenoxy) is 1. The van der Waals surface area contributed by atoms with Gasteiger partial charge in [0, 0.05) is 12.3 Å². The minimum absolute atomic E-state index is 0.0291. The van der Waals surface area contributed by atoms with Gasteiger partial charge in [-0.2, -0.15) is 0 Å². The first kappa shape index (κ1) is 16.9. The third-order valence-corrected chi connectivity index (χ3v) is 3.01. The van der Waals surface area contributed by atoms with Gasteiger partial charge < -0.3 is 4.74 Å². The van der Waals surface area contributed by atoms with Gasteiger partial charge in [0.2, 0.25) is 0 Å². The third kappa shape index (κ3) is 3.67. The van der Waals surface area contributed by atoms with E-state index >= 15 is 0 Å². The highest BCUT2D eigenvalue weighted by molar-refractivity contribution is 6.01. The van der Waals surface area contributed by atoms with E-state index in [1.165, 1.54) is 6.20 Å². The largest absolute Gasteiger partial charge is 0.444 e. The Morgan fingerprint density at radius 3 is 2.65 bits per heavy atom. The number of fused-ring (bicyclic) bond motifs is 1. The van der Waals surface area contributed by atoms with Crippen LogP contribution < -0.4 is 5.32 Å². The first-order chi connectivity index (χ1) is 10.6. The molecule has 5 nitrogen and oxygen atoms in total. The third-order valence-electron chi connectivity index (χ3n) is 3.01. The Morgan fingerprint density at radius 1 is 1.43 bits per heavy atom. The zero-order chi connectivity index (χ0) is 17.4. The van der Waals surface area contributed by atoms with Crippen LogP contribution in [0.2, 0.25) is 0 Å².